The molecule has 1 N–H and O–H groups in total. The number of aromatic nitrogens is 2. The van der Waals surface area contributed by atoms with Crippen molar-refractivity contribution in [2.45, 2.75) is 0 Å². The largest absolute Gasteiger partial charge is 0.493 e. The molecule has 7 heteroatoms. The van der Waals surface area contributed by atoms with E-state index in [0.29, 0.717) is 23.1 Å². The monoisotopic (exact) mass is 505 g/mol. The molecule has 0 unspecified atom stereocenters. The average molecular weight is 506 g/mol. The molecule has 0 bridgehead atoms. The number of para-hydroxylation sites is 1. The van der Waals surface area contributed by atoms with Crippen molar-refractivity contribution in [3.8, 4) is 34.4 Å². The van der Waals surface area contributed by atoms with Crippen LogP contribution in [0.4, 0.5) is 11.5 Å². The van der Waals surface area contributed by atoms with E-state index in [1.54, 1.807) is 25.6 Å². The Labute approximate surface area is 218 Å². The average Bonchev–Trinajstić information content (AvgIpc) is 3.38. The third-order valence-corrected chi connectivity index (χ3v) is 6.98. The van der Waals surface area contributed by atoms with Gasteiger partial charge in [0.25, 0.3) is 0 Å². The van der Waals surface area contributed by atoms with Crippen LogP contribution in [-0.2, 0) is 0 Å². The number of anilines is 2. The molecule has 0 spiro atoms. The molecule has 0 saturated carbocycles. The standard InChI is InChI=1S/C30H23N3O3S/c1-34-26-16-23-25(17-27(26)35-2)32-30(24-18-37-28-11-7-6-10-22(24)28)33-29(23)31-19-12-14-21(15-13-19)36-20-8-4-3-5-9-20/h3-18H,1-2H3,(H,31,32,33). The maximum atomic E-state index is 5.94. The van der Waals surface area contributed by atoms with Crippen molar-refractivity contribution >= 4 is 43.8 Å². The number of benzene rings is 4. The molecule has 2 aromatic heterocycles. The van der Waals surface area contributed by atoms with E-state index in [1.807, 2.05) is 78.9 Å². The van der Waals surface area contributed by atoms with Crippen molar-refractivity contribution in [3.05, 3.63) is 96.4 Å². The van der Waals surface area contributed by atoms with Crippen LogP contribution in [0.25, 0.3) is 32.4 Å². The topological polar surface area (TPSA) is 65.5 Å². The van der Waals surface area contributed by atoms with Gasteiger partial charge in [0.15, 0.2) is 17.3 Å². The molecule has 0 amide bonds. The second-order valence-corrected chi connectivity index (χ2v) is 9.24. The summed E-state index contributed by atoms with van der Waals surface area (Å²) in [4.78, 5) is 9.88. The smallest absolute Gasteiger partial charge is 0.163 e. The molecule has 4 aromatic carbocycles. The zero-order valence-electron chi connectivity index (χ0n) is 20.3. The highest BCUT2D eigenvalue weighted by Gasteiger charge is 2.16. The summed E-state index contributed by atoms with van der Waals surface area (Å²) in [7, 11) is 3.24. The maximum absolute atomic E-state index is 5.94. The third-order valence-electron chi connectivity index (χ3n) is 6.02. The Kier molecular flexibility index (Phi) is 6.04. The van der Waals surface area contributed by atoms with E-state index in [0.717, 1.165) is 39.0 Å². The van der Waals surface area contributed by atoms with Gasteiger partial charge in [-0.05, 0) is 48.5 Å². The Morgan fingerprint density at radius 1 is 0.703 bits per heavy atom. The van der Waals surface area contributed by atoms with Crippen molar-refractivity contribution in [2.75, 3.05) is 19.5 Å². The van der Waals surface area contributed by atoms with E-state index in [2.05, 4.69) is 22.8 Å². The summed E-state index contributed by atoms with van der Waals surface area (Å²) in [6.07, 6.45) is 0. The molecule has 0 atom stereocenters. The molecule has 0 saturated heterocycles. The first-order valence-corrected chi connectivity index (χ1v) is 12.6. The molecule has 0 aliphatic heterocycles. The second kappa shape index (κ2) is 9.79. The Morgan fingerprint density at radius 3 is 2.19 bits per heavy atom. The van der Waals surface area contributed by atoms with E-state index in [-0.39, 0.29) is 0 Å². The van der Waals surface area contributed by atoms with Gasteiger partial charge in [0.2, 0.25) is 0 Å². The number of fused-ring (bicyclic) bond motifs is 2. The number of hydrogen-bond donors (Lipinski definition) is 1. The molecule has 0 fully saturated rings. The van der Waals surface area contributed by atoms with Gasteiger partial charge in [-0.3, -0.25) is 0 Å². The van der Waals surface area contributed by atoms with Gasteiger partial charge in [-0.2, -0.15) is 0 Å². The van der Waals surface area contributed by atoms with Crippen LogP contribution in [0.5, 0.6) is 23.0 Å². The van der Waals surface area contributed by atoms with Gasteiger partial charge in [0.05, 0.1) is 19.7 Å². The fraction of sp³-hybridized carbons (Fsp3) is 0.0667. The van der Waals surface area contributed by atoms with Crippen molar-refractivity contribution in [3.63, 3.8) is 0 Å². The van der Waals surface area contributed by atoms with Gasteiger partial charge < -0.3 is 19.5 Å². The summed E-state index contributed by atoms with van der Waals surface area (Å²) in [5.41, 5.74) is 2.62. The summed E-state index contributed by atoms with van der Waals surface area (Å²) in [5.74, 6) is 4.08. The molecule has 182 valence electrons. The van der Waals surface area contributed by atoms with E-state index in [4.69, 9.17) is 24.2 Å². The SMILES string of the molecule is COc1cc2nc(-c3csc4ccccc34)nc(Nc3ccc(Oc4ccccc4)cc3)c2cc1OC. The molecule has 2 heterocycles. The van der Waals surface area contributed by atoms with Crippen molar-refractivity contribution in [2.24, 2.45) is 0 Å². The molecular formula is C30H23N3O3S. The summed E-state index contributed by atoms with van der Waals surface area (Å²) in [5, 5.41) is 7.53. The fourth-order valence-corrected chi connectivity index (χ4v) is 5.13. The Morgan fingerprint density at radius 2 is 1.41 bits per heavy atom. The lowest BCUT2D eigenvalue weighted by atomic mass is 10.1. The summed E-state index contributed by atoms with van der Waals surface area (Å²) in [6, 6.07) is 29.6. The molecule has 6 nitrogen and oxygen atoms in total. The zero-order chi connectivity index (χ0) is 25.2. The Hall–Kier alpha value is -4.62. The van der Waals surface area contributed by atoms with E-state index in [9.17, 15) is 0 Å². The lowest BCUT2D eigenvalue weighted by molar-refractivity contribution is 0.356. The van der Waals surface area contributed by atoms with Gasteiger partial charge in [-0.15, -0.1) is 11.3 Å². The number of rotatable bonds is 7. The summed E-state index contributed by atoms with van der Waals surface area (Å²) in [6.45, 7) is 0. The normalized spacial score (nSPS) is 11.0. The number of methoxy groups -OCH3 is 2. The maximum Gasteiger partial charge on any atom is 0.163 e. The lowest BCUT2D eigenvalue weighted by Crippen LogP contribution is -2.00. The van der Waals surface area contributed by atoms with E-state index in [1.165, 1.54) is 4.70 Å². The first kappa shape index (κ1) is 22.8. The van der Waals surface area contributed by atoms with Crippen LogP contribution < -0.4 is 19.5 Å². The minimum atomic E-state index is 0.613. The number of nitrogens with zero attached hydrogens (tertiary/aromatic N) is 2. The number of thiophene rings is 1. The number of ether oxygens (including phenoxy) is 3. The highest BCUT2D eigenvalue weighted by atomic mass is 32.1. The summed E-state index contributed by atoms with van der Waals surface area (Å²) < 4.78 is 18.2. The summed E-state index contributed by atoms with van der Waals surface area (Å²) >= 11 is 1.68. The first-order valence-electron chi connectivity index (χ1n) is 11.7. The predicted octanol–water partition coefficient (Wildman–Crippen LogP) is 8.06. The molecule has 0 aliphatic rings. The lowest BCUT2D eigenvalue weighted by Gasteiger charge is -2.14. The second-order valence-electron chi connectivity index (χ2n) is 8.33. The zero-order valence-corrected chi connectivity index (χ0v) is 21.1. The molecule has 6 aromatic rings. The molecule has 0 radical (unpaired) electrons. The van der Waals surface area contributed by atoms with Crippen LogP contribution in [-0.4, -0.2) is 24.2 Å². The van der Waals surface area contributed by atoms with Crippen LogP contribution in [0.2, 0.25) is 0 Å². The number of nitrogens with one attached hydrogen (secondary N) is 1. The van der Waals surface area contributed by atoms with Crippen molar-refractivity contribution < 1.29 is 14.2 Å². The van der Waals surface area contributed by atoms with E-state index >= 15 is 0 Å². The van der Waals surface area contributed by atoms with Gasteiger partial charge >= 0.3 is 0 Å². The third kappa shape index (κ3) is 4.52. The van der Waals surface area contributed by atoms with Gasteiger partial charge in [-0.1, -0.05) is 36.4 Å². The highest BCUT2D eigenvalue weighted by molar-refractivity contribution is 7.17. The van der Waals surface area contributed by atoms with Crippen LogP contribution in [0, 0.1) is 0 Å². The van der Waals surface area contributed by atoms with Gasteiger partial charge in [-0.25, -0.2) is 9.97 Å². The predicted molar refractivity (Wildman–Crippen MR) is 150 cm³/mol. The van der Waals surface area contributed by atoms with Crippen LogP contribution in [0.1, 0.15) is 0 Å². The van der Waals surface area contributed by atoms with Gasteiger partial charge in [0, 0.05) is 38.2 Å². The van der Waals surface area contributed by atoms with Crippen LogP contribution in [0.3, 0.4) is 0 Å². The molecule has 37 heavy (non-hydrogen) atoms. The highest BCUT2D eigenvalue weighted by Crippen LogP contribution is 2.38. The molecule has 6 rings (SSSR count). The van der Waals surface area contributed by atoms with Crippen molar-refractivity contribution in [1.29, 1.82) is 0 Å². The Balaban J connectivity index is 1.42. The van der Waals surface area contributed by atoms with Crippen LogP contribution >= 0.6 is 11.3 Å². The number of hydrogen-bond acceptors (Lipinski definition) is 7. The minimum Gasteiger partial charge on any atom is -0.493 e. The van der Waals surface area contributed by atoms with E-state index < -0.39 is 0 Å². The Bertz CT molecular complexity index is 1700. The van der Waals surface area contributed by atoms with Crippen molar-refractivity contribution in [1.82, 2.24) is 9.97 Å². The molecular weight excluding hydrogens is 482 g/mol. The first-order chi connectivity index (χ1) is 18.2. The fourth-order valence-electron chi connectivity index (χ4n) is 4.19. The quantitative estimate of drug-likeness (QED) is 0.237. The van der Waals surface area contributed by atoms with Gasteiger partial charge in [0.1, 0.15) is 17.3 Å². The minimum absolute atomic E-state index is 0.613. The van der Waals surface area contributed by atoms with Crippen LogP contribution in [0.15, 0.2) is 96.4 Å². The molecule has 0 aliphatic carbocycles.